The summed E-state index contributed by atoms with van der Waals surface area (Å²) >= 11 is 0. The Morgan fingerprint density at radius 1 is 1.15 bits per heavy atom. The number of hydrogen-bond acceptors (Lipinski definition) is 5. The van der Waals surface area contributed by atoms with Crippen LogP contribution in [0.1, 0.15) is 5.56 Å². The molecule has 1 aliphatic rings. The van der Waals surface area contributed by atoms with Crippen LogP contribution in [0.2, 0.25) is 0 Å². The van der Waals surface area contributed by atoms with Crippen LogP contribution in [0.4, 0.5) is 10.6 Å². The molecule has 1 aromatic carbocycles. The van der Waals surface area contributed by atoms with Crippen molar-refractivity contribution in [3.05, 3.63) is 48.2 Å². The fourth-order valence-electron chi connectivity index (χ4n) is 3.00. The molecule has 1 fully saturated rings. The van der Waals surface area contributed by atoms with Crippen LogP contribution in [0.15, 0.2) is 42.6 Å². The minimum absolute atomic E-state index is 0.0601. The lowest BCUT2D eigenvalue weighted by molar-refractivity contribution is 0.191. The van der Waals surface area contributed by atoms with E-state index in [9.17, 15) is 4.79 Å². The number of carbonyl (C=O) groups excluding carboxylic acids is 1. The second kappa shape index (κ2) is 9.12. The van der Waals surface area contributed by atoms with Crippen LogP contribution in [-0.2, 0) is 0 Å². The first kappa shape index (κ1) is 18.8. The predicted octanol–water partition coefficient (Wildman–Crippen LogP) is 2.31. The highest BCUT2D eigenvalue weighted by Crippen LogP contribution is 2.27. The third-order valence-electron chi connectivity index (χ3n) is 4.50. The average Bonchev–Trinajstić information content (AvgIpc) is 2.72. The van der Waals surface area contributed by atoms with Gasteiger partial charge in [0.1, 0.15) is 12.4 Å². The number of anilines is 1. The molecule has 7 nitrogen and oxygen atoms in total. The van der Waals surface area contributed by atoms with Crippen LogP contribution < -0.4 is 19.7 Å². The number of rotatable bonds is 6. The molecule has 1 aliphatic heterocycles. The van der Waals surface area contributed by atoms with Gasteiger partial charge in [-0.05, 0) is 36.8 Å². The lowest BCUT2D eigenvalue weighted by Gasteiger charge is -2.35. The molecular weight excluding hydrogens is 344 g/mol. The lowest BCUT2D eigenvalue weighted by Crippen LogP contribution is -2.52. The Morgan fingerprint density at radius 2 is 1.96 bits per heavy atom. The van der Waals surface area contributed by atoms with Crippen molar-refractivity contribution >= 4 is 11.8 Å². The first-order valence-corrected chi connectivity index (χ1v) is 9.13. The molecule has 27 heavy (non-hydrogen) atoms. The molecule has 1 aromatic heterocycles. The van der Waals surface area contributed by atoms with Crippen molar-refractivity contribution in [3.8, 4) is 11.5 Å². The number of hydrogen-bond donors (Lipinski definition) is 1. The Morgan fingerprint density at radius 3 is 2.67 bits per heavy atom. The van der Waals surface area contributed by atoms with Crippen molar-refractivity contribution in [2.45, 2.75) is 6.92 Å². The van der Waals surface area contributed by atoms with E-state index in [0.29, 0.717) is 37.7 Å². The van der Waals surface area contributed by atoms with Gasteiger partial charge in [0.05, 0.1) is 13.7 Å². The number of pyridine rings is 1. The molecule has 2 heterocycles. The highest BCUT2D eigenvalue weighted by molar-refractivity contribution is 5.74. The van der Waals surface area contributed by atoms with E-state index in [1.165, 1.54) is 0 Å². The predicted molar refractivity (Wildman–Crippen MR) is 105 cm³/mol. The molecule has 0 atom stereocenters. The number of ether oxygens (including phenoxy) is 2. The molecule has 1 N–H and O–H groups in total. The number of nitrogens with one attached hydrogen (secondary N) is 1. The smallest absolute Gasteiger partial charge is 0.317 e. The van der Waals surface area contributed by atoms with Crippen LogP contribution in [0.25, 0.3) is 0 Å². The average molecular weight is 370 g/mol. The Labute approximate surface area is 159 Å². The maximum atomic E-state index is 12.3. The van der Waals surface area contributed by atoms with Crippen molar-refractivity contribution in [2.75, 3.05) is 51.3 Å². The van der Waals surface area contributed by atoms with E-state index in [4.69, 9.17) is 9.47 Å². The Hall–Kier alpha value is -2.96. The highest BCUT2D eigenvalue weighted by Gasteiger charge is 2.21. The SMILES string of the molecule is COc1cc(C)ccc1OCCNC(=O)N1CCN(c2ccccn2)CC1. The number of piperazine rings is 1. The number of carbonyl (C=O) groups is 1. The third-order valence-corrected chi connectivity index (χ3v) is 4.50. The van der Waals surface area contributed by atoms with Gasteiger partial charge in [-0.2, -0.15) is 0 Å². The van der Waals surface area contributed by atoms with E-state index in [1.54, 1.807) is 13.3 Å². The van der Waals surface area contributed by atoms with E-state index >= 15 is 0 Å². The van der Waals surface area contributed by atoms with Gasteiger partial charge in [-0.25, -0.2) is 9.78 Å². The summed E-state index contributed by atoms with van der Waals surface area (Å²) in [4.78, 5) is 20.7. The Balaban J connectivity index is 1.39. The van der Waals surface area contributed by atoms with Crippen LogP contribution in [0.3, 0.4) is 0 Å². The molecule has 1 saturated heterocycles. The van der Waals surface area contributed by atoms with Gasteiger partial charge in [0.2, 0.25) is 0 Å². The van der Waals surface area contributed by atoms with E-state index < -0.39 is 0 Å². The normalized spacial score (nSPS) is 14.0. The molecular formula is C20H26N4O3. The molecule has 0 bridgehead atoms. The Kier molecular flexibility index (Phi) is 6.35. The number of methoxy groups -OCH3 is 1. The van der Waals surface area contributed by atoms with E-state index in [0.717, 1.165) is 24.5 Å². The highest BCUT2D eigenvalue weighted by atomic mass is 16.5. The number of nitrogens with zero attached hydrogens (tertiary/aromatic N) is 3. The lowest BCUT2D eigenvalue weighted by atomic mass is 10.2. The van der Waals surface area contributed by atoms with Gasteiger partial charge in [-0.3, -0.25) is 0 Å². The molecule has 0 aliphatic carbocycles. The maximum Gasteiger partial charge on any atom is 0.317 e. The van der Waals surface area contributed by atoms with Crippen molar-refractivity contribution in [3.63, 3.8) is 0 Å². The molecule has 2 aromatic rings. The second-order valence-electron chi connectivity index (χ2n) is 6.40. The molecule has 0 unspecified atom stereocenters. The third kappa shape index (κ3) is 5.03. The van der Waals surface area contributed by atoms with E-state index in [2.05, 4.69) is 15.2 Å². The monoisotopic (exact) mass is 370 g/mol. The zero-order valence-electron chi connectivity index (χ0n) is 15.9. The summed E-state index contributed by atoms with van der Waals surface area (Å²) in [7, 11) is 1.62. The summed E-state index contributed by atoms with van der Waals surface area (Å²) in [5.74, 6) is 2.34. The molecule has 144 valence electrons. The quantitative estimate of drug-likeness (QED) is 0.791. The van der Waals surface area contributed by atoms with Gasteiger partial charge >= 0.3 is 6.03 Å². The minimum atomic E-state index is -0.0601. The van der Waals surface area contributed by atoms with Crippen molar-refractivity contribution in [1.82, 2.24) is 15.2 Å². The van der Waals surface area contributed by atoms with E-state index in [1.807, 2.05) is 48.2 Å². The first-order valence-electron chi connectivity index (χ1n) is 9.13. The number of urea groups is 1. The fraction of sp³-hybridized carbons (Fsp3) is 0.400. The van der Waals surface area contributed by atoms with Crippen molar-refractivity contribution in [2.24, 2.45) is 0 Å². The topological polar surface area (TPSA) is 66.9 Å². The maximum absolute atomic E-state index is 12.3. The van der Waals surface area contributed by atoms with Crippen molar-refractivity contribution < 1.29 is 14.3 Å². The summed E-state index contributed by atoms with van der Waals surface area (Å²) in [6, 6.07) is 11.6. The molecule has 7 heteroatoms. The number of aromatic nitrogens is 1. The van der Waals surface area contributed by atoms with Gasteiger partial charge in [0, 0.05) is 32.4 Å². The van der Waals surface area contributed by atoms with Gasteiger partial charge in [-0.1, -0.05) is 12.1 Å². The van der Waals surface area contributed by atoms with Gasteiger partial charge < -0.3 is 24.6 Å². The summed E-state index contributed by atoms with van der Waals surface area (Å²) in [6.07, 6.45) is 1.79. The fourth-order valence-corrected chi connectivity index (χ4v) is 3.00. The molecule has 0 radical (unpaired) electrons. The standard InChI is InChI=1S/C20H26N4O3/c1-16-6-7-17(18(15-16)26-2)27-14-9-22-20(25)24-12-10-23(11-13-24)19-5-3-4-8-21-19/h3-8,15H,9-14H2,1-2H3,(H,22,25). The van der Waals surface area contributed by atoms with Gasteiger partial charge in [0.25, 0.3) is 0 Å². The second-order valence-corrected chi connectivity index (χ2v) is 6.40. The summed E-state index contributed by atoms with van der Waals surface area (Å²) < 4.78 is 11.0. The zero-order valence-corrected chi connectivity index (χ0v) is 15.9. The molecule has 3 rings (SSSR count). The number of aryl methyl sites for hydroxylation is 1. The zero-order chi connectivity index (χ0) is 19.1. The van der Waals surface area contributed by atoms with Crippen LogP contribution in [0, 0.1) is 6.92 Å². The molecule has 0 saturated carbocycles. The van der Waals surface area contributed by atoms with E-state index in [-0.39, 0.29) is 6.03 Å². The van der Waals surface area contributed by atoms with Gasteiger partial charge in [-0.15, -0.1) is 0 Å². The molecule has 2 amide bonds. The summed E-state index contributed by atoms with van der Waals surface area (Å²) in [5, 5.41) is 2.91. The van der Waals surface area contributed by atoms with Crippen molar-refractivity contribution in [1.29, 1.82) is 0 Å². The first-order chi connectivity index (χ1) is 13.2. The number of amides is 2. The molecule has 0 spiro atoms. The van der Waals surface area contributed by atoms with Gasteiger partial charge in [0.15, 0.2) is 11.5 Å². The number of benzene rings is 1. The Bertz CT molecular complexity index is 746. The largest absolute Gasteiger partial charge is 0.493 e. The van der Waals surface area contributed by atoms with Crippen LogP contribution in [-0.4, -0.2) is 62.4 Å². The van der Waals surface area contributed by atoms with Crippen LogP contribution >= 0.6 is 0 Å². The van der Waals surface area contributed by atoms with Crippen LogP contribution in [0.5, 0.6) is 11.5 Å². The summed E-state index contributed by atoms with van der Waals surface area (Å²) in [6.45, 7) is 5.74. The minimum Gasteiger partial charge on any atom is -0.493 e. The summed E-state index contributed by atoms with van der Waals surface area (Å²) in [5.41, 5.74) is 1.11.